The molecule has 0 radical (unpaired) electrons. The fourth-order valence-electron chi connectivity index (χ4n) is 2.73. The quantitative estimate of drug-likeness (QED) is 0.354. The van der Waals surface area contributed by atoms with E-state index in [4.69, 9.17) is 9.47 Å². The number of nitro benzene ring substituents is 1. The summed E-state index contributed by atoms with van der Waals surface area (Å²) >= 11 is 1.39. The average Bonchev–Trinajstić information content (AvgIpc) is 3.33. The van der Waals surface area contributed by atoms with E-state index >= 15 is 0 Å². The predicted molar refractivity (Wildman–Crippen MR) is 117 cm³/mol. The molecular formula is C21H20N4O6S. The van der Waals surface area contributed by atoms with Gasteiger partial charge < -0.3 is 20.1 Å². The number of carbonyl (C=O) groups excluding carboxylic acids is 2. The smallest absolute Gasteiger partial charge is 0.286 e. The van der Waals surface area contributed by atoms with E-state index in [9.17, 15) is 19.7 Å². The Labute approximate surface area is 187 Å². The lowest BCUT2D eigenvalue weighted by Crippen LogP contribution is -2.36. The Morgan fingerprint density at radius 1 is 1.16 bits per heavy atom. The maximum atomic E-state index is 12.6. The first-order valence-electron chi connectivity index (χ1n) is 9.43. The first kappa shape index (κ1) is 22.7. The standard InChI is InChI=1S/C21H20N4O6S/c1-30-18-7-16(17(25(28)29)8-19(18)31-11-15-12-32-13-24-15)21(27)23-10-20(26)22-9-14-5-3-2-4-6-14/h2-8,12-13H,9-11H2,1H3,(H,22,26)(H,23,27). The molecule has 0 saturated carbocycles. The molecule has 2 amide bonds. The molecular weight excluding hydrogens is 436 g/mol. The van der Waals surface area contributed by atoms with Gasteiger partial charge in [-0.2, -0.15) is 0 Å². The lowest BCUT2D eigenvalue weighted by Gasteiger charge is -2.12. The van der Waals surface area contributed by atoms with Crippen LogP contribution in [0.3, 0.4) is 0 Å². The van der Waals surface area contributed by atoms with Crippen molar-refractivity contribution in [3.8, 4) is 11.5 Å². The summed E-state index contributed by atoms with van der Waals surface area (Å²) in [4.78, 5) is 39.5. The van der Waals surface area contributed by atoms with Crippen LogP contribution >= 0.6 is 11.3 Å². The number of aromatic nitrogens is 1. The van der Waals surface area contributed by atoms with Gasteiger partial charge in [0.25, 0.3) is 11.6 Å². The summed E-state index contributed by atoms with van der Waals surface area (Å²) in [5.74, 6) is -0.968. The van der Waals surface area contributed by atoms with Gasteiger partial charge in [0.15, 0.2) is 11.5 Å². The van der Waals surface area contributed by atoms with Crippen molar-refractivity contribution in [3.05, 3.63) is 80.3 Å². The first-order chi connectivity index (χ1) is 15.5. The summed E-state index contributed by atoms with van der Waals surface area (Å²) < 4.78 is 10.8. The number of rotatable bonds is 10. The van der Waals surface area contributed by atoms with E-state index in [-0.39, 0.29) is 30.2 Å². The van der Waals surface area contributed by atoms with Gasteiger partial charge >= 0.3 is 0 Å². The molecule has 0 aliphatic heterocycles. The SMILES string of the molecule is COc1cc(C(=O)NCC(=O)NCc2ccccc2)c([N+](=O)[O-])cc1OCc1cscn1. The van der Waals surface area contributed by atoms with Crippen molar-refractivity contribution in [1.29, 1.82) is 0 Å². The topological polar surface area (TPSA) is 133 Å². The molecule has 0 spiro atoms. The van der Waals surface area contributed by atoms with E-state index in [1.54, 1.807) is 10.9 Å². The maximum Gasteiger partial charge on any atom is 0.286 e. The molecule has 1 aromatic heterocycles. The Morgan fingerprint density at radius 2 is 1.94 bits per heavy atom. The number of nitrogens with one attached hydrogen (secondary N) is 2. The van der Waals surface area contributed by atoms with Gasteiger partial charge in [-0.05, 0) is 5.56 Å². The van der Waals surface area contributed by atoms with Gasteiger partial charge in [0, 0.05) is 18.0 Å². The molecule has 0 aliphatic rings. The zero-order valence-electron chi connectivity index (χ0n) is 17.1. The van der Waals surface area contributed by atoms with E-state index in [0.29, 0.717) is 12.2 Å². The molecule has 0 bridgehead atoms. The molecule has 11 heteroatoms. The second-order valence-electron chi connectivity index (χ2n) is 6.49. The van der Waals surface area contributed by atoms with Crippen molar-refractivity contribution >= 4 is 28.8 Å². The minimum absolute atomic E-state index is 0.0874. The Morgan fingerprint density at radius 3 is 2.59 bits per heavy atom. The molecule has 166 valence electrons. The number of hydrogen-bond acceptors (Lipinski definition) is 8. The third-order valence-corrected chi connectivity index (χ3v) is 4.96. The molecule has 0 atom stereocenters. The summed E-state index contributed by atoms with van der Waals surface area (Å²) in [6.07, 6.45) is 0. The van der Waals surface area contributed by atoms with Crippen LogP contribution in [-0.2, 0) is 17.9 Å². The van der Waals surface area contributed by atoms with Crippen molar-refractivity contribution in [2.45, 2.75) is 13.2 Å². The number of methoxy groups -OCH3 is 1. The number of amides is 2. The van der Waals surface area contributed by atoms with Crippen LogP contribution in [0.5, 0.6) is 11.5 Å². The van der Waals surface area contributed by atoms with Crippen LogP contribution in [-0.4, -0.2) is 35.4 Å². The van der Waals surface area contributed by atoms with Crippen LogP contribution in [0, 0.1) is 10.1 Å². The van der Waals surface area contributed by atoms with E-state index in [0.717, 1.165) is 11.6 Å². The van der Waals surface area contributed by atoms with Crippen molar-refractivity contribution in [2.24, 2.45) is 0 Å². The fraction of sp³-hybridized carbons (Fsp3) is 0.190. The van der Waals surface area contributed by atoms with Crippen LogP contribution in [0.4, 0.5) is 5.69 Å². The number of hydrogen-bond donors (Lipinski definition) is 2. The van der Waals surface area contributed by atoms with E-state index in [1.807, 2.05) is 30.3 Å². The number of ether oxygens (including phenoxy) is 2. The van der Waals surface area contributed by atoms with Crippen molar-refractivity contribution in [3.63, 3.8) is 0 Å². The Hall–Kier alpha value is -3.99. The molecule has 0 fully saturated rings. The molecule has 0 aliphatic carbocycles. The van der Waals surface area contributed by atoms with Crippen LogP contribution < -0.4 is 20.1 Å². The van der Waals surface area contributed by atoms with Crippen LogP contribution in [0.15, 0.2) is 53.4 Å². The molecule has 32 heavy (non-hydrogen) atoms. The summed E-state index contributed by atoms with van der Waals surface area (Å²) in [5.41, 5.74) is 2.48. The molecule has 1 heterocycles. The normalized spacial score (nSPS) is 10.3. The minimum Gasteiger partial charge on any atom is -0.493 e. The summed E-state index contributed by atoms with van der Waals surface area (Å²) in [5, 5.41) is 18.4. The van der Waals surface area contributed by atoms with Gasteiger partial charge in [-0.15, -0.1) is 11.3 Å². The van der Waals surface area contributed by atoms with Crippen molar-refractivity contribution in [1.82, 2.24) is 15.6 Å². The molecule has 3 rings (SSSR count). The molecule has 2 aromatic carbocycles. The zero-order chi connectivity index (χ0) is 22.9. The highest BCUT2D eigenvalue weighted by Gasteiger charge is 2.25. The highest BCUT2D eigenvalue weighted by molar-refractivity contribution is 7.07. The van der Waals surface area contributed by atoms with E-state index in [2.05, 4.69) is 15.6 Å². The summed E-state index contributed by atoms with van der Waals surface area (Å²) in [6, 6.07) is 11.6. The second kappa shape index (κ2) is 10.9. The highest BCUT2D eigenvalue weighted by atomic mass is 32.1. The van der Waals surface area contributed by atoms with Crippen LogP contribution in [0.2, 0.25) is 0 Å². The Balaban J connectivity index is 1.67. The largest absolute Gasteiger partial charge is 0.493 e. The Kier molecular flexibility index (Phi) is 7.70. The van der Waals surface area contributed by atoms with Crippen LogP contribution in [0.1, 0.15) is 21.6 Å². The number of nitrogens with zero attached hydrogens (tertiary/aromatic N) is 2. The average molecular weight is 456 g/mol. The second-order valence-corrected chi connectivity index (χ2v) is 7.21. The maximum absolute atomic E-state index is 12.6. The molecule has 3 aromatic rings. The van der Waals surface area contributed by atoms with Gasteiger partial charge in [0.05, 0.1) is 35.8 Å². The van der Waals surface area contributed by atoms with Crippen molar-refractivity contribution in [2.75, 3.05) is 13.7 Å². The fourth-order valence-corrected chi connectivity index (χ4v) is 3.27. The number of nitro groups is 1. The third kappa shape index (κ3) is 6.01. The van der Waals surface area contributed by atoms with E-state index in [1.165, 1.54) is 24.5 Å². The predicted octanol–water partition coefficient (Wildman–Crippen LogP) is 2.69. The first-order valence-corrected chi connectivity index (χ1v) is 10.4. The summed E-state index contributed by atoms with van der Waals surface area (Å²) in [7, 11) is 1.36. The van der Waals surface area contributed by atoms with Gasteiger partial charge in [-0.25, -0.2) is 4.98 Å². The molecule has 2 N–H and O–H groups in total. The number of thiazole rings is 1. The summed E-state index contributed by atoms with van der Waals surface area (Å²) in [6.45, 7) is 0.0475. The number of benzene rings is 2. The van der Waals surface area contributed by atoms with Gasteiger partial charge in [-0.3, -0.25) is 19.7 Å². The monoisotopic (exact) mass is 456 g/mol. The third-order valence-electron chi connectivity index (χ3n) is 4.32. The van der Waals surface area contributed by atoms with Crippen LogP contribution in [0.25, 0.3) is 0 Å². The Bertz CT molecular complexity index is 1090. The van der Waals surface area contributed by atoms with E-state index < -0.39 is 22.4 Å². The molecule has 0 unspecified atom stereocenters. The molecule has 0 saturated heterocycles. The van der Waals surface area contributed by atoms with Gasteiger partial charge in [0.1, 0.15) is 12.2 Å². The highest BCUT2D eigenvalue weighted by Crippen LogP contribution is 2.35. The lowest BCUT2D eigenvalue weighted by atomic mass is 10.1. The van der Waals surface area contributed by atoms with Crippen molar-refractivity contribution < 1.29 is 24.0 Å². The lowest BCUT2D eigenvalue weighted by molar-refractivity contribution is -0.385. The van der Waals surface area contributed by atoms with Gasteiger partial charge in [-0.1, -0.05) is 30.3 Å². The number of carbonyl (C=O) groups is 2. The minimum atomic E-state index is -0.782. The molecule has 10 nitrogen and oxygen atoms in total. The zero-order valence-corrected chi connectivity index (χ0v) is 17.9. The van der Waals surface area contributed by atoms with Gasteiger partial charge in [0.2, 0.25) is 5.91 Å².